The van der Waals surface area contributed by atoms with Crippen LogP contribution in [-0.2, 0) is 0 Å². The largest absolute Gasteiger partial charge is 0.379 e. The van der Waals surface area contributed by atoms with E-state index in [0.29, 0.717) is 29.0 Å². The van der Waals surface area contributed by atoms with Crippen LogP contribution < -0.4 is 26.6 Å². The third-order valence-corrected chi connectivity index (χ3v) is 6.98. The highest BCUT2D eigenvalue weighted by atomic mass is 19.1. The molecule has 12 nitrogen and oxygen atoms in total. The Labute approximate surface area is 229 Å². The van der Waals surface area contributed by atoms with Crippen molar-refractivity contribution in [2.45, 2.75) is 56.7 Å². The van der Waals surface area contributed by atoms with Crippen molar-refractivity contribution < 1.29 is 14.0 Å². The molecule has 3 aromatic heterocycles. The maximum absolute atomic E-state index is 13.1. The molecule has 2 fully saturated rings. The van der Waals surface area contributed by atoms with Crippen LogP contribution >= 0.6 is 0 Å². The number of carbonyl (C=O) groups excluding carboxylic acids is 2. The van der Waals surface area contributed by atoms with Gasteiger partial charge in [0.1, 0.15) is 23.8 Å². The van der Waals surface area contributed by atoms with Crippen LogP contribution in [-0.4, -0.2) is 54.6 Å². The molecule has 0 aliphatic heterocycles. The van der Waals surface area contributed by atoms with E-state index in [0.717, 1.165) is 44.2 Å². The van der Waals surface area contributed by atoms with E-state index in [1.54, 1.807) is 16.8 Å². The number of benzene rings is 1. The molecule has 2 saturated carbocycles. The van der Waals surface area contributed by atoms with Crippen LogP contribution in [0, 0.1) is 5.82 Å². The smallest absolute Gasteiger partial charge is 0.319 e. The summed E-state index contributed by atoms with van der Waals surface area (Å²) in [6.07, 6.45) is 9.85. The molecule has 6 rings (SSSR count). The normalized spacial score (nSPS) is 18.6. The highest BCUT2D eigenvalue weighted by Crippen LogP contribution is 2.30. The van der Waals surface area contributed by atoms with Crippen LogP contribution in [0.3, 0.4) is 0 Å². The molecule has 4 aromatic rings. The molecule has 0 bridgehead atoms. The molecule has 3 heterocycles. The first kappa shape index (κ1) is 25.5. The molecule has 0 radical (unpaired) electrons. The SMILES string of the molecule is O=C(Nc1ccc(F)cc1)N[C@H]1CC[C@H](Nc2cc(NC3CC3)c3ncc(C(=O)Nc4ccncn4)n3n2)CC1. The van der Waals surface area contributed by atoms with Gasteiger partial charge in [0.2, 0.25) is 0 Å². The van der Waals surface area contributed by atoms with Crippen molar-refractivity contribution in [3.05, 3.63) is 66.6 Å². The average molecular weight is 545 g/mol. The van der Waals surface area contributed by atoms with Gasteiger partial charge in [-0.1, -0.05) is 0 Å². The maximum atomic E-state index is 13.1. The van der Waals surface area contributed by atoms with E-state index >= 15 is 0 Å². The van der Waals surface area contributed by atoms with Gasteiger partial charge in [0.25, 0.3) is 5.91 Å². The minimum atomic E-state index is -0.376. The lowest BCUT2D eigenvalue weighted by Gasteiger charge is -2.30. The van der Waals surface area contributed by atoms with Crippen LogP contribution in [0.15, 0.2) is 55.1 Å². The fraction of sp³-hybridized carbons (Fsp3) is 0.333. The van der Waals surface area contributed by atoms with Gasteiger partial charge in [-0.3, -0.25) is 4.79 Å². The second kappa shape index (κ2) is 11.1. The minimum Gasteiger partial charge on any atom is -0.379 e. The average Bonchev–Trinajstić information content (AvgIpc) is 3.66. The van der Waals surface area contributed by atoms with E-state index < -0.39 is 0 Å². The molecular weight excluding hydrogens is 515 g/mol. The fourth-order valence-corrected chi connectivity index (χ4v) is 4.77. The van der Waals surface area contributed by atoms with Gasteiger partial charge in [0.15, 0.2) is 11.3 Å². The number of anilines is 4. The first-order valence-electron chi connectivity index (χ1n) is 13.3. The lowest BCUT2D eigenvalue weighted by atomic mass is 9.91. The third kappa shape index (κ3) is 6.08. The highest BCUT2D eigenvalue weighted by molar-refractivity contribution is 6.03. The molecule has 3 amide bonds. The maximum Gasteiger partial charge on any atom is 0.319 e. The van der Waals surface area contributed by atoms with Gasteiger partial charge in [-0.2, -0.15) is 0 Å². The summed E-state index contributed by atoms with van der Waals surface area (Å²) in [7, 11) is 0. The Morgan fingerprint density at radius 3 is 2.30 bits per heavy atom. The van der Waals surface area contributed by atoms with Gasteiger partial charge in [0.05, 0.1) is 11.9 Å². The second-order valence-electron chi connectivity index (χ2n) is 10.1. The van der Waals surface area contributed by atoms with Crippen molar-refractivity contribution in [3.63, 3.8) is 0 Å². The summed E-state index contributed by atoms with van der Waals surface area (Å²) in [4.78, 5) is 37.8. The third-order valence-electron chi connectivity index (χ3n) is 6.98. The number of halogens is 1. The molecule has 206 valence electrons. The van der Waals surface area contributed by atoms with Crippen LogP contribution in [0.1, 0.15) is 49.0 Å². The minimum absolute atomic E-state index is 0.0341. The lowest BCUT2D eigenvalue weighted by Crippen LogP contribution is -2.42. The zero-order valence-electron chi connectivity index (χ0n) is 21.6. The molecule has 0 atom stereocenters. The topological polar surface area (TPSA) is 150 Å². The summed E-state index contributed by atoms with van der Waals surface area (Å²) in [6.45, 7) is 0. The number of aromatic nitrogens is 5. The lowest BCUT2D eigenvalue weighted by molar-refractivity contribution is 0.102. The first-order chi connectivity index (χ1) is 19.5. The Morgan fingerprint density at radius 2 is 1.57 bits per heavy atom. The molecule has 2 aliphatic carbocycles. The van der Waals surface area contributed by atoms with Crippen molar-refractivity contribution >= 4 is 40.6 Å². The molecule has 0 saturated heterocycles. The van der Waals surface area contributed by atoms with Gasteiger partial charge in [-0.15, -0.1) is 5.10 Å². The van der Waals surface area contributed by atoms with Crippen molar-refractivity contribution in [2.24, 2.45) is 0 Å². The van der Waals surface area contributed by atoms with Gasteiger partial charge >= 0.3 is 6.03 Å². The zero-order valence-corrected chi connectivity index (χ0v) is 21.6. The molecular formula is C27H29FN10O2. The van der Waals surface area contributed by atoms with E-state index in [2.05, 4.69) is 41.5 Å². The number of urea groups is 1. The summed E-state index contributed by atoms with van der Waals surface area (Å²) in [5.41, 5.74) is 2.21. The molecule has 2 aliphatic rings. The van der Waals surface area contributed by atoms with Gasteiger partial charge in [-0.05, 0) is 68.9 Å². The quantitative estimate of drug-likeness (QED) is 0.223. The fourth-order valence-electron chi connectivity index (χ4n) is 4.77. The predicted octanol–water partition coefficient (Wildman–Crippen LogP) is 4.03. The second-order valence-corrected chi connectivity index (χ2v) is 10.1. The Kier molecular flexibility index (Phi) is 7.08. The molecule has 1 aromatic carbocycles. The molecule has 0 unspecified atom stereocenters. The number of nitrogens with zero attached hydrogens (tertiary/aromatic N) is 5. The number of amides is 3. The summed E-state index contributed by atoms with van der Waals surface area (Å²) >= 11 is 0. The number of rotatable bonds is 8. The standard InChI is InChI=1S/C27H29FN10O2/c28-16-1-3-19(4-2-16)34-27(40)35-20-9-7-18(8-10-20)33-24-13-21(32-17-5-6-17)25-30-14-22(38(25)37-24)26(39)36-23-11-12-29-15-31-23/h1-4,11-15,17-18,20,32H,5-10H2,(H,33,37)(H2,34,35,40)(H,29,31,36,39)/t18-,20-. The van der Waals surface area contributed by atoms with Gasteiger partial charge < -0.3 is 26.6 Å². The Hall–Kier alpha value is -4.81. The Bertz CT molecular complexity index is 1500. The first-order valence-corrected chi connectivity index (χ1v) is 13.3. The molecule has 40 heavy (non-hydrogen) atoms. The Morgan fingerprint density at radius 1 is 0.850 bits per heavy atom. The van der Waals surface area contributed by atoms with E-state index in [1.807, 2.05) is 6.07 Å². The van der Waals surface area contributed by atoms with E-state index in [1.165, 1.54) is 36.8 Å². The monoisotopic (exact) mass is 544 g/mol. The number of hydrogen-bond acceptors (Lipinski definition) is 8. The number of hydrogen-bond donors (Lipinski definition) is 5. The van der Waals surface area contributed by atoms with E-state index in [4.69, 9.17) is 5.10 Å². The summed E-state index contributed by atoms with van der Waals surface area (Å²) < 4.78 is 14.6. The van der Waals surface area contributed by atoms with E-state index in [9.17, 15) is 14.0 Å². The van der Waals surface area contributed by atoms with Gasteiger partial charge in [0, 0.05) is 36.1 Å². The summed E-state index contributed by atoms with van der Waals surface area (Å²) in [5.74, 6) is 0.293. The highest BCUT2D eigenvalue weighted by Gasteiger charge is 2.26. The molecule has 13 heteroatoms. The summed E-state index contributed by atoms with van der Waals surface area (Å²) in [5, 5.41) is 20.2. The predicted molar refractivity (Wildman–Crippen MR) is 148 cm³/mol. The van der Waals surface area contributed by atoms with E-state index in [-0.39, 0.29) is 35.5 Å². The van der Waals surface area contributed by atoms with Crippen molar-refractivity contribution in [1.82, 2.24) is 29.9 Å². The van der Waals surface area contributed by atoms with Crippen LogP contribution in [0.2, 0.25) is 0 Å². The number of nitrogens with one attached hydrogen (secondary N) is 5. The van der Waals surface area contributed by atoms with Crippen LogP contribution in [0.5, 0.6) is 0 Å². The molecule has 5 N–H and O–H groups in total. The van der Waals surface area contributed by atoms with Crippen molar-refractivity contribution in [3.8, 4) is 0 Å². The van der Waals surface area contributed by atoms with Crippen molar-refractivity contribution in [2.75, 3.05) is 21.3 Å². The zero-order chi connectivity index (χ0) is 27.5. The Balaban J connectivity index is 1.11. The van der Waals surface area contributed by atoms with Gasteiger partial charge in [-0.25, -0.2) is 28.7 Å². The van der Waals surface area contributed by atoms with Crippen molar-refractivity contribution in [1.29, 1.82) is 0 Å². The number of carbonyl (C=O) groups is 2. The van der Waals surface area contributed by atoms with Crippen LogP contribution in [0.25, 0.3) is 5.65 Å². The summed E-state index contributed by atoms with van der Waals surface area (Å²) in [6, 6.07) is 9.48. The number of imidazole rings is 1. The van der Waals surface area contributed by atoms with Crippen LogP contribution in [0.4, 0.5) is 32.2 Å². The molecule has 0 spiro atoms. The number of fused-ring (bicyclic) bond motifs is 1.